The fourth-order valence-electron chi connectivity index (χ4n) is 3.36. The van der Waals surface area contributed by atoms with Crippen LogP contribution in [0.1, 0.15) is 54.3 Å². The molecule has 1 saturated carbocycles. The average molecular weight is 413 g/mol. The van der Waals surface area contributed by atoms with Gasteiger partial charge in [0.25, 0.3) is 5.91 Å². The molecule has 0 atom stereocenters. The number of aromatic nitrogens is 3. The smallest absolute Gasteiger partial charge is 0.252 e. The van der Waals surface area contributed by atoms with Gasteiger partial charge in [-0.25, -0.2) is 0 Å². The third-order valence-corrected chi connectivity index (χ3v) is 5.84. The summed E-state index contributed by atoms with van der Waals surface area (Å²) in [6, 6.07) is 5.40. The van der Waals surface area contributed by atoms with Crippen molar-refractivity contribution in [2.45, 2.75) is 49.7 Å². The summed E-state index contributed by atoms with van der Waals surface area (Å²) < 4.78 is 2.30. The van der Waals surface area contributed by atoms with E-state index < -0.39 is 0 Å². The minimum atomic E-state index is -0.186. The first-order chi connectivity index (χ1) is 12.6. The van der Waals surface area contributed by atoms with Gasteiger partial charge in [0.2, 0.25) is 0 Å². The number of thioether (sulfide) groups is 1. The summed E-state index contributed by atoms with van der Waals surface area (Å²) in [7, 11) is 0. The van der Waals surface area contributed by atoms with E-state index >= 15 is 0 Å². The molecular weight excluding hydrogens is 391 g/mol. The van der Waals surface area contributed by atoms with E-state index in [0.717, 1.165) is 23.8 Å². The Morgan fingerprint density at radius 1 is 1.31 bits per heavy atom. The first-order valence-corrected chi connectivity index (χ1v) is 10.8. The van der Waals surface area contributed by atoms with E-state index in [1.54, 1.807) is 30.0 Å². The number of nitrogens with zero attached hydrogens (tertiary/aromatic N) is 3. The van der Waals surface area contributed by atoms with Crippen LogP contribution < -0.4 is 5.32 Å². The molecule has 0 aliphatic heterocycles. The maximum absolute atomic E-state index is 12.2. The van der Waals surface area contributed by atoms with Crippen molar-refractivity contribution in [1.82, 2.24) is 20.1 Å². The minimum absolute atomic E-state index is 0.186. The molecule has 1 aromatic carbocycles. The van der Waals surface area contributed by atoms with Gasteiger partial charge in [-0.1, -0.05) is 47.8 Å². The van der Waals surface area contributed by atoms with Crippen LogP contribution in [0.5, 0.6) is 0 Å². The minimum Gasteiger partial charge on any atom is -0.352 e. The number of benzene rings is 1. The van der Waals surface area contributed by atoms with Gasteiger partial charge >= 0.3 is 0 Å². The molecule has 5 nitrogen and oxygen atoms in total. The van der Waals surface area contributed by atoms with Crippen molar-refractivity contribution < 1.29 is 4.79 Å². The highest BCUT2D eigenvalue weighted by Gasteiger charge is 2.23. The molecule has 0 spiro atoms. The quantitative estimate of drug-likeness (QED) is 0.524. The zero-order valence-electron chi connectivity index (χ0n) is 14.7. The van der Waals surface area contributed by atoms with Crippen LogP contribution in [0.3, 0.4) is 0 Å². The second-order valence-corrected chi connectivity index (χ2v) is 8.01. The number of halogens is 2. The highest BCUT2D eigenvalue weighted by Crippen LogP contribution is 2.33. The molecule has 0 unspecified atom stereocenters. The van der Waals surface area contributed by atoms with E-state index in [4.69, 9.17) is 23.2 Å². The fourth-order valence-corrected chi connectivity index (χ4v) is 4.43. The van der Waals surface area contributed by atoms with Gasteiger partial charge in [0, 0.05) is 24.0 Å². The molecule has 0 saturated heterocycles. The first kappa shape index (κ1) is 19.5. The lowest BCUT2D eigenvalue weighted by Crippen LogP contribution is -2.25. The van der Waals surface area contributed by atoms with Crippen molar-refractivity contribution in [3.63, 3.8) is 0 Å². The predicted octanol–water partition coefficient (Wildman–Crippen LogP) is 4.78. The largest absolute Gasteiger partial charge is 0.352 e. The molecule has 1 fully saturated rings. The zero-order valence-corrected chi connectivity index (χ0v) is 17.0. The van der Waals surface area contributed by atoms with Gasteiger partial charge in [-0.05, 0) is 43.7 Å². The van der Waals surface area contributed by atoms with Crippen LogP contribution in [0.4, 0.5) is 0 Å². The van der Waals surface area contributed by atoms with Crippen LogP contribution in [-0.4, -0.2) is 33.5 Å². The molecule has 8 heteroatoms. The third kappa shape index (κ3) is 4.53. The van der Waals surface area contributed by atoms with E-state index in [0.29, 0.717) is 28.2 Å². The van der Waals surface area contributed by atoms with Crippen molar-refractivity contribution in [2.24, 2.45) is 0 Å². The standard InChI is InChI=1S/C18H22Cl2N4OS/c1-26-18-23-22-16(24(18)13-5-2-3-6-13)7-4-10-21-17(25)14-9-8-12(19)11-15(14)20/h8-9,11,13H,2-7,10H2,1H3,(H,21,25). The maximum Gasteiger partial charge on any atom is 0.252 e. The second kappa shape index (κ2) is 9.11. The Morgan fingerprint density at radius 3 is 2.77 bits per heavy atom. The summed E-state index contributed by atoms with van der Waals surface area (Å²) in [4.78, 5) is 12.2. The summed E-state index contributed by atoms with van der Waals surface area (Å²) in [5, 5.41) is 13.5. The summed E-state index contributed by atoms with van der Waals surface area (Å²) in [5.41, 5.74) is 0.440. The topological polar surface area (TPSA) is 59.8 Å². The highest BCUT2D eigenvalue weighted by atomic mass is 35.5. The van der Waals surface area contributed by atoms with Crippen molar-refractivity contribution in [3.8, 4) is 0 Å². The number of hydrogen-bond acceptors (Lipinski definition) is 4. The van der Waals surface area contributed by atoms with Gasteiger partial charge in [-0.2, -0.15) is 0 Å². The van der Waals surface area contributed by atoms with E-state index in [1.165, 1.54) is 25.7 Å². The molecule has 3 rings (SSSR count). The predicted molar refractivity (Wildman–Crippen MR) is 106 cm³/mol. The molecule has 1 aliphatic carbocycles. The Hall–Kier alpha value is -1.24. The van der Waals surface area contributed by atoms with Gasteiger partial charge in [0.1, 0.15) is 5.82 Å². The van der Waals surface area contributed by atoms with Crippen LogP contribution in [-0.2, 0) is 6.42 Å². The molecule has 0 radical (unpaired) electrons. The van der Waals surface area contributed by atoms with Crippen LogP contribution in [0, 0.1) is 0 Å². The lowest BCUT2D eigenvalue weighted by Gasteiger charge is -2.16. The first-order valence-electron chi connectivity index (χ1n) is 8.81. The molecular formula is C18H22Cl2N4OS. The Balaban J connectivity index is 1.55. The normalized spacial score (nSPS) is 14.7. The average Bonchev–Trinajstić information content (AvgIpc) is 3.27. The molecule has 26 heavy (non-hydrogen) atoms. The van der Waals surface area contributed by atoms with E-state index in [9.17, 15) is 4.79 Å². The molecule has 140 valence electrons. The molecule has 1 heterocycles. The lowest BCUT2D eigenvalue weighted by atomic mass is 10.2. The molecule has 1 amide bonds. The fraction of sp³-hybridized carbons (Fsp3) is 0.500. The van der Waals surface area contributed by atoms with Crippen molar-refractivity contribution in [1.29, 1.82) is 0 Å². The highest BCUT2D eigenvalue weighted by molar-refractivity contribution is 7.98. The van der Waals surface area contributed by atoms with E-state index in [1.807, 2.05) is 6.26 Å². The Kier molecular flexibility index (Phi) is 6.84. The molecule has 1 aliphatic rings. The van der Waals surface area contributed by atoms with Crippen molar-refractivity contribution >= 4 is 40.9 Å². The third-order valence-electron chi connectivity index (χ3n) is 4.65. The number of aryl methyl sites for hydroxylation is 1. The lowest BCUT2D eigenvalue weighted by molar-refractivity contribution is 0.0953. The Morgan fingerprint density at radius 2 is 2.08 bits per heavy atom. The Bertz CT molecular complexity index is 775. The van der Waals surface area contributed by atoms with E-state index in [-0.39, 0.29) is 5.91 Å². The van der Waals surface area contributed by atoms with Crippen LogP contribution in [0.15, 0.2) is 23.4 Å². The van der Waals surface area contributed by atoms with Crippen LogP contribution >= 0.6 is 35.0 Å². The van der Waals surface area contributed by atoms with Gasteiger partial charge < -0.3 is 9.88 Å². The summed E-state index contributed by atoms with van der Waals surface area (Å²) in [6.45, 7) is 0.559. The summed E-state index contributed by atoms with van der Waals surface area (Å²) in [6.07, 6.45) is 8.57. The van der Waals surface area contributed by atoms with E-state index in [2.05, 4.69) is 20.1 Å². The summed E-state index contributed by atoms with van der Waals surface area (Å²) >= 11 is 13.6. The van der Waals surface area contributed by atoms with Gasteiger partial charge in [0.15, 0.2) is 5.16 Å². The van der Waals surface area contributed by atoms with Crippen LogP contribution in [0.25, 0.3) is 0 Å². The molecule has 1 aromatic heterocycles. The number of carbonyl (C=O) groups is 1. The molecule has 1 N–H and O–H groups in total. The Labute approximate surface area is 167 Å². The monoisotopic (exact) mass is 412 g/mol. The zero-order chi connectivity index (χ0) is 18.5. The molecule has 0 bridgehead atoms. The van der Waals surface area contributed by atoms with Crippen molar-refractivity contribution in [3.05, 3.63) is 39.6 Å². The van der Waals surface area contributed by atoms with Crippen molar-refractivity contribution in [2.75, 3.05) is 12.8 Å². The number of nitrogens with one attached hydrogen (secondary N) is 1. The van der Waals surface area contributed by atoms with Gasteiger partial charge in [-0.3, -0.25) is 4.79 Å². The second-order valence-electron chi connectivity index (χ2n) is 6.39. The van der Waals surface area contributed by atoms with Crippen LogP contribution in [0.2, 0.25) is 10.0 Å². The molecule has 2 aromatic rings. The van der Waals surface area contributed by atoms with Gasteiger partial charge in [0.05, 0.1) is 10.6 Å². The SMILES string of the molecule is CSc1nnc(CCCNC(=O)c2ccc(Cl)cc2Cl)n1C1CCCC1. The summed E-state index contributed by atoms with van der Waals surface area (Å²) in [5.74, 6) is 0.828. The number of hydrogen-bond donors (Lipinski definition) is 1. The maximum atomic E-state index is 12.2. The number of amides is 1. The van der Waals surface area contributed by atoms with Gasteiger partial charge in [-0.15, -0.1) is 10.2 Å². The number of carbonyl (C=O) groups excluding carboxylic acids is 1. The number of rotatable bonds is 7.